The van der Waals surface area contributed by atoms with Crippen molar-refractivity contribution in [2.75, 3.05) is 17.5 Å². The first-order valence-corrected chi connectivity index (χ1v) is 9.90. The SMILES string of the molecule is C.C.Cc1cccc(Cl)c1CC(=O)CCl.Cc1cccc(Cl)c1N.O=C(Cl)CCl. The molecule has 0 atom stereocenters. The van der Waals surface area contributed by atoms with Crippen molar-refractivity contribution in [3.05, 3.63) is 63.1 Å². The molecular weight excluding hydrogens is 476 g/mol. The number of aryl methyl sites for hydroxylation is 2. The summed E-state index contributed by atoms with van der Waals surface area (Å²) in [6.07, 6.45) is 0.328. The predicted molar refractivity (Wildman–Crippen MR) is 131 cm³/mol. The lowest BCUT2D eigenvalue weighted by Crippen LogP contribution is -2.05. The number of hydrogen-bond acceptors (Lipinski definition) is 3. The van der Waals surface area contributed by atoms with Crippen LogP contribution in [0.2, 0.25) is 10.0 Å². The van der Waals surface area contributed by atoms with Crippen LogP contribution in [0.3, 0.4) is 0 Å². The second-order valence-corrected chi connectivity index (χ2v) is 7.11. The van der Waals surface area contributed by atoms with E-state index in [0.717, 1.165) is 16.7 Å². The van der Waals surface area contributed by atoms with Crippen LogP contribution in [-0.4, -0.2) is 22.8 Å². The number of para-hydroxylation sites is 1. The number of alkyl halides is 2. The Balaban J connectivity index is -0.000000372. The van der Waals surface area contributed by atoms with Gasteiger partial charge in [-0.2, -0.15) is 0 Å². The van der Waals surface area contributed by atoms with Crippen LogP contribution in [0, 0.1) is 13.8 Å². The van der Waals surface area contributed by atoms with Crippen LogP contribution in [0.15, 0.2) is 36.4 Å². The number of halogens is 5. The van der Waals surface area contributed by atoms with Crippen LogP contribution >= 0.6 is 58.0 Å². The van der Waals surface area contributed by atoms with Crippen molar-refractivity contribution in [1.82, 2.24) is 0 Å². The van der Waals surface area contributed by atoms with Crippen LogP contribution in [0.25, 0.3) is 0 Å². The van der Waals surface area contributed by atoms with E-state index in [1.807, 2.05) is 38.1 Å². The van der Waals surface area contributed by atoms with E-state index in [-0.39, 0.29) is 32.4 Å². The molecule has 2 N–H and O–H groups in total. The third kappa shape index (κ3) is 13.8. The average molecular weight is 504 g/mol. The molecule has 164 valence electrons. The number of Topliss-reactive ketones (excluding diaryl/α,β-unsaturated/α-hetero) is 1. The standard InChI is InChI=1S/C10H10Cl2O.C7H8ClN.C2H2Cl2O.2CH4/c1-7-3-2-4-10(12)9(7)5-8(13)6-11;1-5-3-2-4-6(8)7(5)9;3-1-2(4)5;;/h2-4H,5-6H2,1H3;2-4H,9H2,1H3;1H2;2*1H4. The minimum absolute atomic E-state index is 0. The number of carbonyl (C=O) groups is 2. The van der Waals surface area contributed by atoms with Gasteiger partial charge in [-0.1, -0.05) is 62.3 Å². The van der Waals surface area contributed by atoms with Crippen molar-refractivity contribution in [3.63, 3.8) is 0 Å². The van der Waals surface area contributed by atoms with Crippen LogP contribution < -0.4 is 5.73 Å². The van der Waals surface area contributed by atoms with E-state index in [2.05, 4.69) is 0 Å². The van der Waals surface area contributed by atoms with Gasteiger partial charge in [0.1, 0.15) is 0 Å². The summed E-state index contributed by atoms with van der Waals surface area (Å²) in [7, 11) is 0. The Bertz CT molecular complexity index is 726. The van der Waals surface area contributed by atoms with Gasteiger partial charge < -0.3 is 5.73 Å². The van der Waals surface area contributed by atoms with Crippen molar-refractivity contribution in [3.8, 4) is 0 Å². The second-order valence-electron chi connectivity index (χ2n) is 5.34. The minimum atomic E-state index is -0.508. The minimum Gasteiger partial charge on any atom is -0.397 e. The Morgan fingerprint density at radius 1 is 0.862 bits per heavy atom. The third-order valence-electron chi connectivity index (χ3n) is 3.25. The van der Waals surface area contributed by atoms with E-state index >= 15 is 0 Å². The van der Waals surface area contributed by atoms with Gasteiger partial charge in [-0.15, -0.1) is 23.2 Å². The average Bonchev–Trinajstić information content (AvgIpc) is 2.63. The summed E-state index contributed by atoms with van der Waals surface area (Å²) in [6.45, 7) is 3.87. The molecule has 2 aromatic carbocycles. The molecule has 0 aromatic heterocycles. The molecule has 0 heterocycles. The first-order chi connectivity index (χ1) is 12.6. The van der Waals surface area contributed by atoms with Gasteiger partial charge in [-0.05, 0) is 54.3 Å². The maximum absolute atomic E-state index is 11.1. The van der Waals surface area contributed by atoms with Crippen LogP contribution in [-0.2, 0) is 16.0 Å². The molecule has 0 spiro atoms. The van der Waals surface area contributed by atoms with Crippen LogP contribution in [0.4, 0.5) is 5.69 Å². The Kier molecular flexibility index (Phi) is 20.1. The van der Waals surface area contributed by atoms with Crippen LogP contribution in [0.1, 0.15) is 31.5 Å². The molecule has 3 nitrogen and oxygen atoms in total. The molecule has 29 heavy (non-hydrogen) atoms. The summed E-state index contributed by atoms with van der Waals surface area (Å²) < 4.78 is 0. The smallest absolute Gasteiger partial charge is 0.236 e. The fourth-order valence-electron chi connectivity index (χ4n) is 1.78. The van der Waals surface area contributed by atoms with E-state index in [1.54, 1.807) is 12.1 Å². The lowest BCUT2D eigenvalue weighted by molar-refractivity contribution is -0.116. The Morgan fingerprint density at radius 2 is 1.31 bits per heavy atom. The number of nitrogen functional groups attached to an aromatic ring is 1. The number of carbonyl (C=O) groups excluding carboxylic acids is 2. The van der Waals surface area contributed by atoms with Crippen molar-refractivity contribution in [2.24, 2.45) is 0 Å². The van der Waals surface area contributed by atoms with Gasteiger partial charge in [0.05, 0.1) is 22.5 Å². The quantitative estimate of drug-likeness (QED) is 0.267. The zero-order valence-corrected chi connectivity index (χ0v) is 18.6. The fourth-order valence-corrected chi connectivity index (χ4v) is 2.38. The van der Waals surface area contributed by atoms with Gasteiger partial charge in [-0.25, -0.2) is 0 Å². The highest BCUT2D eigenvalue weighted by atomic mass is 35.5. The summed E-state index contributed by atoms with van der Waals surface area (Å²) >= 11 is 26.6. The Morgan fingerprint density at radius 3 is 1.66 bits per heavy atom. The number of anilines is 1. The normalized spacial score (nSPS) is 8.79. The summed E-state index contributed by atoms with van der Waals surface area (Å²) in [6, 6.07) is 11.2. The van der Waals surface area contributed by atoms with Gasteiger partial charge in [0.2, 0.25) is 5.24 Å². The topological polar surface area (TPSA) is 60.2 Å². The molecule has 8 heteroatoms. The zero-order valence-electron chi connectivity index (χ0n) is 14.9. The maximum atomic E-state index is 11.1. The molecule has 2 aromatic rings. The van der Waals surface area contributed by atoms with E-state index < -0.39 is 5.24 Å². The number of rotatable bonds is 4. The molecule has 2 rings (SSSR count). The highest BCUT2D eigenvalue weighted by molar-refractivity contribution is 6.67. The number of nitrogens with two attached hydrogens (primary N) is 1. The van der Waals surface area contributed by atoms with Crippen molar-refractivity contribution in [1.29, 1.82) is 0 Å². The maximum Gasteiger partial charge on any atom is 0.236 e. The van der Waals surface area contributed by atoms with Gasteiger partial charge in [0, 0.05) is 11.4 Å². The lowest BCUT2D eigenvalue weighted by Gasteiger charge is -2.05. The molecule has 0 saturated carbocycles. The predicted octanol–water partition coefficient (Wildman–Crippen LogP) is 7.49. The molecule has 0 radical (unpaired) electrons. The summed E-state index contributed by atoms with van der Waals surface area (Å²) in [5, 5.41) is 0.764. The van der Waals surface area contributed by atoms with Crippen molar-refractivity contribution in [2.45, 2.75) is 35.1 Å². The third-order valence-corrected chi connectivity index (χ3v) is 4.75. The highest BCUT2D eigenvalue weighted by Crippen LogP contribution is 2.21. The first-order valence-electron chi connectivity index (χ1n) is 7.70. The number of benzene rings is 2. The monoisotopic (exact) mass is 501 g/mol. The van der Waals surface area contributed by atoms with E-state index in [4.69, 9.17) is 63.7 Å². The van der Waals surface area contributed by atoms with Gasteiger partial charge >= 0.3 is 0 Å². The lowest BCUT2D eigenvalue weighted by atomic mass is 10.0. The van der Waals surface area contributed by atoms with Crippen LogP contribution in [0.5, 0.6) is 0 Å². The molecule has 0 amide bonds. The van der Waals surface area contributed by atoms with E-state index in [0.29, 0.717) is 22.2 Å². The summed E-state index contributed by atoms with van der Waals surface area (Å²) in [5.74, 6) is -0.0514. The highest BCUT2D eigenvalue weighted by Gasteiger charge is 2.08. The molecule has 0 aliphatic rings. The number of ketones is 1. The van der Waals surface area contributed by atoms with E-state index in [9.17, 15) is 9.59 Å². The zero-order chi connectivity index (χ0) is 21.0. The molecule has 0 aliphatic carbocycles. The Hall–Kier alpha value is -0.970. The number of hydrogen-bond donors (Lipinski definition) is 1. The van der Waals surface area contributed by atoms with Gasteiger partial charge in [-0.3, -0.25) is 9.59 Å². The molecule has 0 saturated heterocycles. The van der Waals surface area contributed by atoms with Gasteiger partial charge in [0.25, 0.3) is 0 Å². The molecular formula is C21H28Cl5NO2. The van der Waals surface area contributed by atoms with Crippen molar-refractivity contribution >= 4 is 74.7 Å². The van der Waals surface area contributed by atoms with Gasteiger partial charge in [0.15, 0.2) is 5.78 Å². The van der Waals surface area contributed by atoms with Crippen molar-refractivity contribution < 1.29 is 9.59 Å². The summed E-state index contributed by atoms with van der Waals surface area (Å²) in [5.41, 5.74) is 9.18. The second kappa shape index (κ2) is 17.9. The fraction of sp³-hybridized carbons (Fsp3) is 0.333. The first kappa shape index (κ1) is 32.7. The Labute approximate surface area is 199 Å². The molecule has 0 bridgehead atoms. The largest absolute Gasteiger partial charge is 0.397 e. The molecule has 0 unspecified atom stereocenters. The molecule has 0 fully saturated rings. The van der Waals surface area contributed by atoms with E-state index in [1.165, 1.54) is 0 Å². The molecule has 0 aliphatic heterocycles. The summed E-state index contributed by atoms with van der Waals surface area (Å²) in [4.78, 5) is 20.5.